The van der Waals surface area contributed by atoms with E-state index in [9.17, 15) is 0 Å². The van der Waals surface area contributed by atoms with E-state index in [2.05, 4.69) is 193 Å². The van der Waals surface area contributed by atoms with Gasteiger partial charge in [-0.25, -0.2) is 0 Å². The summed E-state index contributed by atoms with van der Waals surface area (Å²) in [5, 5.41) is 2.36. The molecule has 1 heterocycles. The van der Waals surface area contributed by atoms with Gasteiger partial charge in [0.05, 0.1) is 0 Å². The second-order valence-electron chi connectivity index (χ2n) is 12.1. The molecule has 8 aromatic carbocycles. The van der Waals surface area contributed by atoms with Gasteiger partial charge in [-0.1, -0.05) is 140 Å². The first kappa shape index (κ1) is 27.9. The highest BCUT2D eigenvalue weighted by Gasteiger charge is 2.23. The minimum absolute atomic E-state index is 0.857. The molecular formula is C46H31NO. The Hall–Kier alpha value is -6.38. The first-order valence-corrected chi connectivity index (χ1v) is 16.3. The van der Waals surface area contributed by atoms with Gasteiger partial charge in [-0.15, -0.1) is 0 Å². The van der Waals surface area contributed by atoms with Gasteiger partial charge in [-0.3, -0.25) is 0 Å². The molecule has 0 unspecified atom stereocenters. The van der Waals surface area contributed by atoms with Crippen LogP contribution < -0.4 is 9.64 Å². The van der Waals surface area contributed by atoms with E-state index in [1.54, 1.807) is 0 Å². The van der Waals surface area contributed by atoms with Crippen LogP contribution in [0.15, 0.2) is 188 Å². The van der Waals surface area contributed by atoms with Gasteiger partial charge < -0.3 is 9.64 Å². The summed E-state index contributed by atoms with van der Waals surface area (Å²) in [5.41, 5.74) is 12.7. The Bertz CT molecular complexity index is 2380. The molecule has 0 saturated heterocycles. The minimum Gasteiger partial charge on any atom is -0.456 e. The topological polar surface area (TPSA) is 12.5 Å². The highest BCUT2D eigenvalue weighted by molar-refractivity contribution is 6.10. The summed E-state index contributed by atoms with van der Waals surface area (Å²) in [5.74, 6) is 1.75. The number of fused-ring (bicyclic) bond motifs is 2. The predicted molar refractivity (Wildman–Crippen MR) is 200 cm³/mol. The summed E-state index contributed by atoms with van der Waals surface area (Å²) in [6, 6.07) is 66.7. The molecule has 226 valence electrons. The van der Waals surface area contributed by atoms with Gasteiger partial charge in [-0.05, 0) is 86.8 Å². The number of anilines is 3. The van der Waals surface area contributed by atoms with E-state index < -0.39 is 0 Å². The molecule has 0 atom stereocenters. The third kappa shape index (κ3) is 4.92. The van der Waals surface area contributed by atoms with Gasteiger partial charge >= 0.3 is 0 Å². The van der Waals surface area contributed by atoms with Gasteiger partial charge in [0.1, 0.15) is 11.5 Å². The Morgan fingerprint density at radius 1 is 0.312 bits per heavy atom. The molecule has 0 bridgehead atoms. The van der Waals surface area contributed by atoms with Crippen molar-refractivity contribution in [1.29, 1.82) is 0 Å². The number of benzene rings is 8. The smallest absolute Gasteiger partial charge is 0.137 e. The summed E-state index contributed by atoms with van der Waals surface area (Å²) in [4.78, 5) is 2.29. The SMILES string of the molecule is c1ccc(-c2ccc(-c3ccc(N(c4ccccc4)c4ccc5c(c4)Oc4ccc(-c6ccccc6)c6cccc-5c46)cc3)cc2)cc1. The number of nitrogens with zero attached hydrogens (tertiary/aromatic N) is 1. The lowest BCUT2D eigenvalue weighted by Crippen LogP contribution is -2.10. The highest BCUT2D eigenvalue weighted by atomic mass is 16.5. The zero-order valence-electron chi connectivity index (χ0n) is 26.3. The van der Waals surface area contributed by atoms with E-state index in [0.717, 1.165) is 39.5 Å². The maximum absolute atomic E-state index is 6.69. The van der Waals surface area contributed by atoms with Crippen molar-refractivity contribution in [3.05, 3.63) is 188 Å². The number of hydrogen-bond donors (Lipinski definition) is 0. The van der Waals surface area contributed by atoms with Gasteiger partial charge in [-0.2, -0.15) is 0 Å². The average Bonchev–Trinajstić information content (AvgIpc) is 3.17. The van der Waals surface area contributed by atoms with Crippen molar-refractivity contribution < 1.29 is 4.74 Å². The molecule has 1 aliphatic heterocycles. The standard InChI is InChI=1S/C46H31NO/c1-4-11-32(12-5-1)33-19-21-34(22-20-33)35-23-25-38(26-24-35)47(37-15-8-3-9-16-37)39-27-28-41-43-18-10-17-42-40(36-13-6-2-7-14-36)29-30-44(46(42)43)48-45(41)31-39/h1-31H. The quantitative estimate of drug-likeness (QED) is 0.185. The predicted octanol–water partition coefficient (Wildman–Crippen LogP) is 13.1. The number of hydrogen-bond acceptors (Lipinski definition) is 2. The molecule has 9 rings (SSSR count). The van der Waals surface area contributed by atoms with Gasteiger partial charge in [0, 0.05) is 34.1 Å². The minimum atomic E-state index is 0.857. The van der Waals surface area contributed by atoms with Crippen LogP contribution >= 0.6 is 0 Å². The van der Waals surface area contributed by atoms with Crippen molar-refractivity contribution >= 4 is 27.8 Å². The third-order valence-corrected chi connectivity index (χ3v) is 9.29. The van der Waals surface area contributed by atoms with E-state index in [1.165, 1.54) is 44.3 Å². The van der Waals surface area contributed by atoms with Crippen molar-refractivity contribution in [3.8, 4) is 56.0 Å². The van der Waals surface area contributed by atoms with Gasteiger partial charge in [0.2, 0.25) is 0 Å². The van der Waals surface area contributed by atoms with Crippen LogP contribution in [-0.2, 0) is 0 Å². The molecule has 2 nitrogen and oxygen atoms in total. The molecule has 0 amide bonds. The van der Waals surface area contributed by atoms with Crippen molar-refractivity contribution in [2.24, 2.45) is 0 Å². The summed E-state index contributed by atoms with van der Waals surface area (Å²) < 4.78 is 6.69. The molecule has 8 aromatic rings. The number of para-hydroxylation sites is 1. The van der Waals surface area contributed by atoms with Crippen molar-refractivity contribution in [2.45, 2.75) is 0 Å². The van der Waals surface area contributed by atoms with E-state index in [-0.39, 0.29) is 0 Å². The molecular weight excluding hydrogens is 583 g/mol. The van der Waals surface area contributed by atoms with Crippen LogP contribution in [-0.4, -0.2) is 0 Å². The van der Waals surface area contributed by atoms with Crippen LogP contribution in [0.4, 0.5) is 17.1 Å². The molecule has 0 saturated carbocycles. The largest absolute Gasteiger partial charge is 0.456 e. The molecule has 2 heteroatoms. The van der Waals surface area contributed by atoms with Crippen molar-refractivity contribution in [1.82, 2.24) is 0 Å². The Labute approximate surface area is 280 Å². The van der Waals surface area contributed by atoms with E-state index >= 15 is 0 Å². The lowest BCUT2D eigenvalue weighted by Gasteiger charge is -2.28. The lowest BCUT2D eigenvalue weighted by atomic mass is 9.90. The van der Waals surface area contributed by atoms with Crippen LogP contribution in [0.5, 0.6) is 11.5 Å². The van der Waals surface area contributed by atoms with Gasteiger partial charge in [0.15, 0.2) is 0 Å². The zero-order valence-corrected chi connectivity index (χ0v) is 26.3. The van der Waals surface area contributed by atoms with Gasteiger partial charge in [0.25, 0.3) is 0 Å². The van der Waals surface area contributed by atoms with Crippen LogP contribution in [0.1, 0.15) is 0 Å². The summed E-state index contributed by atoms with van der Waals surface area (Å²) in [6.07, 6.45) is 0. The third-order valence-electron chi connectivity index (χ3n) is 9.29. The number of rotatable bonds is 6. The fourth-order valence-electron chi connectivity index (χ4n) is 6.94. The maximum Gasteiger partial charge on any atom is 0.137 e. The van der Waals surface area contributed by atoms with Crippen LogP contribution in [0.3, 0.4) is 0 Å². The van der Waals surface area contributed by atoms with E-state index in [0.29, 0.717) is 0 Å². The van der Waals surface area contributed by atoms with Crippen molar-refractivity contribution in [2.75, 3.05) is 4.90 Å². The summed E-state index contributed by atoms with van der Waals surface area (Å²) >= 11 is 0. The average molecular weight is 614 g/mol. The Morgan fingerprint density at radius 2 is 0.833 bits per heavy atom. The first-order valence-electron chi connectivity index (χ1n) is 16.3. The molecule has 48 heavy (non-hydrogen) atoms. The Morgan fingerprint density at radius 3 is 1.50 bits per heavy atom. The molecule has 0 N–H and O–H groups in total. The monoisotopic (exact) mass is 613 g/mol. The molecule has 0 spiro atoms. The normalized spacial score (nSPS) is 11.5. The van der Waals surface area contributed by atoms with Crippen molar-refractivity contribution in [3.63, 3.8) is 0 Å². The number of ether oxygens (including phenoxy) is 1. The fraction of sp³-hybridized carbons (Fsp3) is 0. The highest BCUT2D eigenvalue weighted by Crippen LogP contribution is 2.50. The van der Waals surface area contributed by atoms with Crippen LogP contribution in [0, 0.1) is 0 Å². The summed E-state index contributed by atoms with van der Waals surface area (Å²) in [7, 11) is 0. The molecule has 0 radical (unpaired) electrons. The molecule has 1 aliphatic rings. The zero-order chi connectivity index (χ0) is 31.9. The summed E-state index contributed by atoms with van der Waals surface area (Å²) in [6.45, 7) is 0. The van der Waals surface area contributed by atoms with E-state index in [1.807, 2.05) is 0 Å². The molecule has 0 fully saturated rings. The Balaban J connectivity index is 1.08. The van der Waals surface area contributed by atoms with Crippen LogP contribution in [0.25, 0.3) is 55.3 Å². The van der Waals surface area contributed by atoms with E-state index in [4.69, 9.17) is 4.74 Å². The Kier molecular flexibility index (Phi) is 6.84. The second-order valence-corrected chi connectivity index (χ2v) is 12.1. The fourth-order valence-corrected chi connectivity index (χ4v) is 6.94. The molecule has 0 aliphatic carbocycles. The second kappa shape index (κ2) is 11.8. The van der Waals surface area contributed by atoms with Crippen LogP contribution in [0.2, 0.25) is 0 Å². The maximum atomic E-state index is 6.69. The lowest BCUT2D eigenvalue weighted by molar-refractivity contribution is 0.487. The molecule has 0 aromatic heterocycles. The first-order chi connectivity index (χ1) is 23.8.